The van der Waals surface area contributed by atoms with Crippen LogP contribution >= 0.6 is 23.2 Å². The fraction of sp³-hybridized carbons (Fsp3) is 0.231. The zero-order valence-electron chi connectivity index (χ0n) is 11.3. The summed E-state index contributed by atoms with van der Waals surface area (Å²) in [6, 6.07) is 6.00. The van der Waals surface area contributed by atoms with Gasteiger partial charge in [-0.2, -0.15) is 0 Å². The number of aliphatic hydroxyl groups is 1. The fourth-order valence-electron chi connectivity index (χ4n) is 1.89. The molecule has 7 nitrogen and oxygen atoms in total. The molecule has 22 heavy (non-hydrogen) atoms. The summed E-state index contributed by atoms with van der Waals surface area (Å²) < 4.78 is 0. The summed E-state index contributed by atoms with van der Waals surface area (Å²) in [6.45, 7) is 0.252. The first-order chi connectivity index (χ1) is 10.5. The van der Waals surface area contributed by atoms with Gasteiger partial charge in [0.15, 0.2) is 0 Å². The first-order valence-corrected chi connectivity index (χ1v) is 7.04. The molecule has 2 aromatic rings. The Kier molecular flexibility index (Phi) is 5.48. The van der Waals surface area contributed by atoms with Crippen LogP contribution in [0.15, 0.2) is 30.5 Å². The second-order valence-electron chi connectivity index (χ2n) is 4.37. The van der Waals surface area contributed by atoms with Crippen molar-refractivity contribution in [2.24, 2.45) is 0 Å². The molecule has 0 aliphatic heterocycles. The Morgan fingerprint density at radius 3 is 2.55 bits per heavy atom. The summed E-state index contributed by atoms with van der Waals surface area (Å²) in [4.78, 5) is 20.1. The smallest absolute Gasteiger partial charge is 0.311 e. The summed E-state index contributed by atoms with van der Waals surface area (Å²) in [5.74, 6) is 0.0986. The van der Waals surface area contributed by atoms with Crippen molar-refractivity contribution < 1.29 is 10.0 Å². The molecule has 2 heterocycles. The summed E-state index contributed by atoms with van der Waals surface area (Å²) in [5.41, 5.74) is 0.591. The zero-order chi connectivity index (χ0) is 16.1. The molecule has 0 aliphatic carbocycles. The molecule has 0 spiro atoms. The van der Waals surface area contributed by atoms with E-state index in [2.05, 4.69) is 9.97 Å². The van der Waals surface area contributed by atoms with E-state index in [-0.39, 0.29) is 36.4 Å². The van der Waals surface area contributed by atoms with Crippen molar-refractivity contribution in [3.63, 3.8) is 0 Å². The van der Waals surface area contributed by atoms with Crippen LogP contribution in [0.4, 0.5) is 11.5 Å². The molecule has 9 heteroatoms. The third kappa shape index (κ3) is 4.03. The van der Waals surface area contributed by atoms with E-state index in [9.17, 15) is 15.2 Å². The molecule has 0 amide bonds. The van der Waals surface area contributed by atoms with E-state index in [0.717, 1.165) is 5.56 Å². The van der Waals surface area contributed by atoms with E-state index < -0.39 is 4.92 Å². The Morgan fingerprint density at radius 2 is 1.95 bits per heavy atom. The van der Waals surface area contributed by atoms with Gasteiger partial charge in [0.1, 0.15) is 10.3 Å². The normalized spacial score (nSPS) is 10.5. The van der Waals surface area contributed by atoms with E-state index in [4.69, 9.17) is 23.2 Å². The largest absolute Gasteiger partial charge is 0.395 e. The van der Waals surface area contributed by atoms with Crippen LogP contribution in [0.25, 0.3) is 0 Å². The lowest BCUT2D eigenvalue weighted by Gasteiger charge is -2.22. The highest BCUT2D eigenvalue weighted by Gasteiger charge is 2.21. The van der Waals surface area contributed by atoms with Gasteiger partial charge >= 0.3 is 5.69 Å². The van der Waals surface area contributed by atoms with Gasteiger partial charge in [-0.05, 0) is 17.7 Å². The Hall–Kier alpha value is -1.96. The molecule has 116 valence electrons. The average Bonchev–Trinajstić information content (AvgIpc) is 2.48. The van der Waals surface area contributed by atoms with Gasteiger partial charge in [-0.3, -0.25) is 10.1 Å². The number of hydrogen-bond donors (Lipinski definition) is 1. The Morgan fingerprint density at radius 1 is 1.23 bits per heavy atom. The highest BCUT2D eigenvalue weighted by Crippen LogP contribution is 2.28. The van der Waals surface area contributed by atoms with Gasteiger partial charge < -0.3 is 10.0 Å². The zero-order valence-corrected chi connectivity index (χ0v) is 12.8. The first-order valence-electron chi connectivity index (χ1n) is 6.28. The maximum atomic E-state index is 11.1. The number of pyridine rings is 2. The van der Waals surface area contributed by atoms with Gasteiger partial charge in [0.25, 0.3) is 0 Å². The van der Waals surface area contributed by atoms with Crippen LogP contribution in [0.1, 0.15) is 5.56 Å². The lowest BCUT2D eigenvalue weighted by atomic mass is 10.2. The van der Waals surface area contributed by atoms with Crippen LogP contribution in [-0.2, 0) is 6.54 Å². The molecule has 0 saturated heterocycles. The molecule has 1 N–H and O–H groups in total. The number of nitro groups is 1. The van der Waals surface area contributed by atoms with Crippen LogP contribution in [0, 0.1) is 10.1 Å². The van der Waals surface area contributed by atoms with E-state index >= 15 is 0 Å². The van der Waals surface area contributed by atoms with E-state index in [1.54, 1.807) is 23.2 Å². The SMILES string of the molecule is O=[N+]([O-])c1ccc(Cl)nc1N(CCO)Cc1ccc(Cl)nc1. The molecule has 0 fully saturated rings. The number of aromatic nitrogens is 2. The molecule has 2 rings (SSSR count). The standard InChI is InChI=1S/C13H12Cl2N4O3/c14-11-3-1-9(7-16-11)8-18(5-6-20)13-10(19(21)22)2-4-12(15)17-13/h1-4,7,20H,5-6,8H2. The van der Waals surface area contributed by atoms with Crippen molar-refractivity contribution in [1.82, 2.24) is 9.97 Å². The number of halogens is 2. The van der Waals surface area contributed by atoms with Crippen molar-refractivity contribution in [3.8, 4) is 0 Å². The maximum absolute atomic E-state index is 11.1. The number of hydrogen-bond acceptors (Lipinski definition) is 6. The van der Waals surface area contributed by atoms with Crippen molar-refractivity contribution in [2.75, 3.05) is 18.1 Å². The average molecular weight is 343 g/mol. The molecule has 0 unspecified atom stereocenters. The molecule has 0 saturated carbocycles. The topological polar surface area (TPSA) is 92.4 Å². The minimum Gasteiger partial charge on any atom is -0.395 e. The van der Waals surface area contributed by atoms with Gasteiger partial charge in [0, 0.05) is 25.4 Å². The minimum atomic E-state index is -0.539. The molecule has 2 aromatic heterocycles. The summed E-state index contributed by atoms with van der Waals surface area (Å²) in [5, 5.41) is 20.8. The second kappa shape index (κ2) is 7.35. The Bertz CT molecular complexity index is 667. The number of aliphatic hydroxyl groups excluding tert-OH is 1. The summed E-state index contributed by atoms with van der Waals surface area (Å²) in [6.07, 6.45) is 1.56. The highest BCUT2D eigenvalue weighted by molar-refractivity contribution is 6.29. The molecular formula is C13H12Cl2N4O3. The predicted octanol–water partition coefficient (Wildman–Crippen LogP) is 2.69. The van der Waals surface area contributed by atoms with Gasteiger partial charge in [0.05, 0.1) is 11.5 Å². The molecule has 0 radical (unpaired) electrons. The molecule has 0 aromatic carbocycles. The summed E-state index contributed by atoms with van der Waals surface area (Å²) in [7, 11) is 0. The van der Waals surface area contributed by atoms with Crippen molar-refractivity contribution in [3.05, 3.63) is 56.4 Å². The quantitative estimate of drug-likeness (QED) is 0.492. The maximum Gasteiger partial charge on any atom is 0.311 e. The monoisotopic (exact) mass is 342 g/mol. The van der Waals surface area contributed by atoms with E-state index in [1.807, 2.05) is 0 Å². The summed E-state index contributed by atoms with van der Waals surface area (Å²) >= 11 is 11.6. The van der Waals surface area contributed by atoms with E-state index in [1.165, 1.54) is 12.1 Å². The molecular weight excluding hydrogens is 331 g/mol. The van der Waals surface area contributed by atoms with Crippen molar-refractivity contribution in [1.29, 1.82) is 0 Å². The fourth-order valence-corrected chi connectivity index (χ4v) is 2.15. The minimum absolute atomic E-state index is 0.0986. The van der Waals surface area contributed by atoms with Crippen molar-refractivity contribution >= 4 is 34.7 Å². The molecule has 0 aliphatic rings. The van der Waals surface area contributed by atoms with Gasteiger partial charge in [-0.15, -0.1) is 0 Å². The number of anilines is 1. The Balaban J connectivity index is 2.36. The van der Waals surface area contributed by atoms with Crippen molar-refractivity contribution in [2.45, 2.75) is 6.54 Å². The van der Waals surface area contributed by atoms with Gasteiger partial charge in [-0.1, -0.05) is 29.3 Å². The highest BCUT2D eigenvalue weighted by atomic mass is 35.5. The molecule has 0 bridgehead atoms. The van der Waals surface area contributed by atoms with E-state index in [0.29, 0.717) is 5.15 Å². The van der Waals surface area contributed by atoms with Crippen LogP contribution < -0.4 is 4.90 Å². The van der Waals surface area contributed by atoms with Gasteiger partial charge in [0.2, 0.25) is 5.82 Å². The predicted molar refractivity (Wildman–Crippen MR) is 83.3 cm³/mol. The molecule has 0 atom stereocenters. The van der Waals surface area contributed by atoms with Crippen LogP contribution in [0.3, 0.4) is 0 Å². The second-order valence-corrected chi connectivity index (χ2v) is 5.14. The Labute approximate surface area is 136 Å². The number of nitrogens with zero attached hydrogens (tertiary/aromatic N) is 4. The third-order valence-corrected chi connectivity index (χ3v) is 3.28. The first kappa shape index (κ1) is 16.4. The van der Waals surface area contributed by atoms with Crippen LogP contribution in [0.5, 0.6) is 0 Å². The van der Waals surface area contributed by atoms with Crippen LogP contribution in [0.2, 0.25) is 10.3 Å². The number of rotatable bonds is 6. The van der Waals surface area contributed by atoms with Crippen LogP contribution in [-0.4, -0.2) is 33.1 Å². The van der Waals surface area contributed by atoms with Gasteiger partial charge in [-0.25, -0.2) is 9.97 Å². The lowest BCUT2D eigenvalue weighted by molar-refractivity contribution is -0.384. The lowest BCUT2D eigenvalue weighted by Crippen LogP contribution is -2.27. The third-order valence-electron chi connectivity index (χ3n) is 2.85.